The van der Waals surface area contributed by atoms with E-state index >= 15 is 0 Å². The molecule has 0 aliphatic carbocycles. The average molecular weight is 432 g/mol. The van der Waals surface area contributed by atoms with E-state index in [1.807, 2.05) is 25.1 Å². The Labute approximate surface area is 186 Å². The molecule has 2 amide bonds. The van der Waals surface area contributed by atoms with E-state index in [9.17, 15) is 9.59 Å². The van der Waals surface area contributed by atoms with Crippen LogP contribution in [0.2, 0.25) is 0 Å². The third-order valence-corrected chi connectivity index (χ3v) is 4.83. The second-order valence-electron chi connectivity index (χ2n) is 7.19. The Balaban J connectivity index is 1.32. The van der Waals surface area contributed by atoms with Crippen molar-refractivity contribution in [3.8, 4) is 17.2 Å². The highest BCUT2D eigenvalue weighted by Gasteiger charge is 2.13. The molecule has 0 atom stereocenters. The fraction of sp³-hybridized carbons (Fsp3) is 0.200. The molecule has 0 spiro atoms. The summed E-state index contributed by atoms with van der Waals surface area (Å²) in [6, 6.07) is 19.4. The van der Waals surface area contributed by atoms with E-state index < -0.39 is 0 Å². The van der Waals surface area contributed by atoms with E-state index in [1.165, 1.54) is 0 Å². The van der Waals surface area contributed by atoms with Gasteiger partial charge in [-0.25, -0.2) is 0 Å². The van der Waals surface area contributed by atoms with Crippen LogP contribution in [-0.2, 0) is 11.2 Å². The third-order valence-electron chi connectivity index (χ3n) is 4.83. The number of carbonyl (C=O) groups excluding carboxylic acids is 2. The molecule has 1 aliphatic heterocycles. The standard InChI is InChI=1S/C25H24N2O5/c1-2-30-21-10-8-20(9-11-21)27-25(29)18-4-6-19(7-5-18)26-24(28)16-17-3-12-22-23(15-17)32-14-13-31-22/h3-12,15H,2,13-14,16H2,1H3,(H,26,28)(H,27,29). The van der Waals surface area contributed by atoms with Crippen LogP contribution in [0.4, 0.5) is 11.4 Å². The Kier molecular flexibility index (Phi) is 6.55. The number of amides is 2. The maximum atomic E-state index is 12.5. The van der Waals surface area contributed by atoms with Crippen LogP contribution in [0.25, 0.3) is 0 Å². The molecule has 0 fully saturated rings. The number of rotatable bonds is 7. The summed E-state index contributed by atoms with van der Waals surface area (Å²) in [4.78, 5) is 24.9. The van der Waals surface area contributed by atoms with Crippen LogP contribution in [0.1, 0.15) is 22.8 Å². The van der Waals surface area contributed by atoms with Gasteiger partial charge in [-0.3, -0.25) is 9.59 Å². The monoisotopic (exact) mass is 432 g/mol. The Morgan fingerprint density at radius 3 is 2.22 bits per heavy atom. The summed E-state index contributed by atoms with van der Waals surface area (Å²) in [5.74, 6) is 1.71. The van der Waals surface area contributed by atoms with Gasteiger partial charge in [-0.15, -0.1) is 0 Å². The van der Waals surface area contributed by atoms with E-state index in [0.29, 0.717) is 48.3 Å². The van der Waals surface area contributed by atoms with Gasteiger partial charge in [-0.05, 0) is 73.2 Å². The number of anilines is 2. The van der Waals surface area contributed by atoms with Crippen molar-refractivity contribution in [3.05, 3.63) is 77.9 Å². The van der Waals surface area contributed by atoms with E-state index in [4.69, 9.17) is 14.2 Å². The summed E-state index contributed by atoms with van der Waals surface area (Å²) in [5.41, 5.74) is 2.61. The summed E-state index contributed by atoms with van der Waals surface area (Å²) in [5, 5.41) is 5.69. The molecule has 4 rings (SSSR count). The highest BCUT2D eigenvalue weighted by Crippen LogP contribution is 2.31. The van der Waals surface area contributed by atoms with Crippen LogP contribution in [0, 0.1) is 0 Å². The second kappa shape index (κ2) is 9.87. The largest absolute Gasteiger partial charge is 0.494 e. The lowest BCUT2D eigenvalue weighted by atomic mass is 10.1. The fourth-order valence-electron chi connectivity index (χ4n) is 3.30. The molecular weight excluding hydrogens is 408 g/mol. The van der Waals surface area contributed by atoms with E-state index in [2.05, 4.69) is 10.6 Å². The third kappa shape index (κ3) is 5.37. The Morgan fingerprint density at radius 2 is 1.50 bits per heavy atom. The summed E-state index contributed by atoms with van der Waals surface area (Å²) in [6.45, 7) is 3.54. The van der Waals surface area contributed by atoms with Gasteiger partial charge >= 0.3 is 0 Å². The minimum absolute atomic E-state index is 0.159. The first-order chi connectivity index (χ1) is 15.6. The fourth-order valence-corrected chi connectivity index (χ4v) is 3.30. The van der Waals surface area contributed by atoms with Crippen molar-refractivity contribution in [3.63, 3.8) is 0 Å². The van der Waals surface area contributed by atoms with Gasteiger partial charge in [0.15, 0.2) is 11.5 Å². The first-order valence-electron chi connectivity index (χ1n) is 10.4. The smallest absolute Gasteiger partial charge is 0.255 e. The number of hydrogen-bond acceptors (Lipinski definition) is 5. The van der Waals surface area contributed by atoms with Gasteiger partial charge in [-0.2, -0.15) is 0 Å². The number of nitrogens with one attached hydrogen (secondary N) is 2. The maximum absolute atomic E-state index is 12.5. The average Bonchev–Trinajstić information content (AvgIpc) is 2.81. The zero-order valence-electron chi connectivity index (χ0n) is 17.7. The molecule has 0 bridgehead atoms. The molecule has 164 valence electrons. The normalized spacial score (nSPS) is 12.0. The molecule has 1 aliphatic rings. The second-order valence-corrected chi connectivity index (χ2v) is 7.19. The highest BCUT2D eigenvalue weighted by atomic mass is 16.6. The Bertz CT molecular complexity index is 1090. The van der Waals surface area contributed by atoms with Crippen molar-refractivity contribution >= 4 is 23.2 Å². The Morgan fingerprint density at radius 1 is 0.844 bits per heavy atom. The number of fused-ring (bicyclic) bond motifs is 1. The van der Waals surface area contributed by atoms with Gasteiger partial charge in [0.2, 0.25) is 5.91 Å². The lowest BCUT2D eigenvalue weighted by Crippen LogP contribution is -2.17. The molecule has 7 heteroatoms. The first-order valence-corrected chi connectivity index (χ1v) is 10.4. The van der Waals surface area contributed by atoms with Crippen molar-refractivity contribution in [2.45, 2.75) is 13.3 Å². The Hall–Kier alpha value is -4.00. The molecule has 3 aromatic rings. The molecular formula is C25H24N2O5. The van der Waals surface area contributed by atoms with Crippen LogP contribution in [0.3, 0.4) is 0 Å². The van der Waals surface area contributed by atoms with Crippen LogP contribution in [0.5, 0.6) is 17.2 Å². The molecule has 32 heavy (non-hydrogen) atoms. The first kappa shape index (κ1) is 21.2. The summed E-state index contributed by atoms with van der Waals surface area (Å²) < 4.78 is 16.5. The lowest BCUT2D eigenvalue weighted by Gasteiger charge is -2.18. The quantitative estimate of drug-likeness (QED) is 0.582. The van der Waals surface area contributed by atoms with Gasteiger partial charge in [0, 0.05) is 16.9 Å². The van der Waals surface area contributed by atoms with Gasteiger partial charge in [0.05, 0.1) is 13.0 Å². The number of carbonyl (C=O) groups is 2. The highest BCUT2D eigenvalue weighted by molar-refractivity contribution is 6.04. The molecule has 2 N–H and O–H groups in total. The van der Waals surface area contributed by atoms with Crippen LogP contribution >= 0.6 is 0 Å². The van der Waals surface area contributed by atoms with Crippen LogP contribution in [-0.4, -0.2) is 31.6 Å². The predicted octanol–water partition coefficient (Wildman–Crippen LogP) is 4.29. The van der Waals surface area contributed by atoms with Crippen molar-refractivity contribution in [2.75, 3.05) is 30.5 Å². The topological polar surface area (TPSA) is 85.9 Å². The minimum atomic E-state index is -0.233. The molecule has 0 saturated carbocycles. The van der Waals surface area contributed by atoms with Crippen molar-refractivity contribution < 1.29 is 23.8 Å². The number of benzene rings is 3. The van der Waals surface area contributed by atoms with E-state index in [-0.39, 0.29) is 18.2 Å². The molecule has 0 aromatic heterocycles. The van der Waals surface area contributed by atoms with Crippen molar-refractivity contribution in [1.82, 2.24) is 0 Å². The summed E-state index contributed by atoms with van der Waals surface area (Å²) >= 11 is 0. The molecule has 7 nitrogen and oxygen atoms in total. The predicted molar refractivity (Wildman–Crippen MR) is 122 cm³/mol. The van der Waals surface area contributed by atoms with Gasteiger partial charge in [0.1, 0.15) is 19.0 Å². The van der Waals surface area contributed by atoms with Gasteiger partial charge < -0.3 is 24.8 Å². The van der Waals surface area contributed by atoms with Gasteiger partial charge in [-0.1, -0.05) is 6.07 Å². The summed E-state index contributed by atoms with van der Waals surface area (Å²) in [7, 11) is 0. The van der Waals surface area contributed by atoms with Crippen molar-refractivity contribution in [2.24, 2.45) is 0 Å². The van der Waals surface area contributed by atoms with Gasteiger partial charge in [0.25, 0.3) is 5.91 Å². The number of hydrogen-bond donors (Lipinski definition) is 2. The molecule has 0 saturated heterocycles. The molecule has 3 aromatic carbocycles. The zero-order valence-corrected chi connectivity index (χ0v) is 17.7. The van der Waals surface area contributed by atoms with Crippen LogP contribution < -0.4 is 24.8 Å². The minimum Gasteiger partial charge on any atom is -0.494 e. The lowest BCUT2D eigenvalue weighted by molar-refractivity contribution is -0.115. The van der Waals surface area contributed by atoms with E-state index in [0.717, 1.165) is 11.3 Å². The number of ether oxygens (including phenoxy) is 3. The molecule has 1 heterocycles. The molecule has 0 radical (unpaired) electrons. The zero-order chi connectivity index (χ0) is 22.3. The van der Waals surface area contributed by atoms with E-state index in [1.54, 1.807) is 48.5 Å². The SMILES string of the molecule is CCOc1ccc(NC(=O)c2ccc(NC(=O)Cc3ccc4c(c3)OCCO4)cc2)cc1. The van der Waals surface area contributed by atoms with Crippen LogP contribution in [0.15, 0.2) is 66.7 Å². The van der Waals surface area contributed by atoms with Crippen molar-refractivity contribution in [1.29, 1.82) is 0 Å². The maximum Gasteiger partial charge on any atom is 0.255 e. The molecule has 0 unspecified atom stereocenters. The summed E-state index contributed by atoms with van der Waals surface area (Å²) in [6.07, 6.45) is 0.205.